The minimum absolute atomic E-state index is 0.0476. The van der Waals surface area contributed by atoms with Crippen molar-refractivity contribution in [1.29, 1.82) is 0 Å². The second kappa shape index (κ2) is 11.2. The molecular weight excluding hydrogens is 504 g/mol. The first kappa shape index (κ1) is 27.7. The summed E-state index contributed by atoms with van der Waals surface area (Å²) in [5.74, 6) is -1.72. The van der Waals surface area contributed by atoms with Gasteiger partial charge in [-0.25, -0.2) is 4.79 Å². The number of aliphatic hydroxyl groups is 1. The third kappa shape index (κ3) is 5.33. The minimum Gasteiger partial charge on any atom is -0.465 e. The van der Waals surface area contributed by atoms with Crippen molar-refractivity contribution in [3.63, 3.8) is 0 Å². The number of non-ortho nitro benzene ring substituents is 1. The molecule has 0 radical (unpaired) electrons. The number of hydrogen-bond donors (Lipinski definition) is 1. The van der Waals surface area contributed by atoms with E-state index in [-0.39, 0.29) is 50.3 Å². The first-order valence-corrected chi connectivity index (χ1v) is 12.8. The number of esters is 2. The summed E-state index contributed by atoms with van der Waals surface area (Å²) in [6.07, 6.45) is 4.79. The van der Waals surface area contributed by atoms with Gasteiger partial charge in [0, 0.05) is 23.3 Å². The molecule has 0 fully saturated rings. The number of nitro benzene ring substituents is 1. The van der Waals surface area contributed by atoms with Crippen molar-refractivity contribution in [2.75, 3.05) is 18.1 Å². The minimum atomic E-state index is -2.26. The third-order valence-electron chi connectivity index (χ3n) is 7.06. The molecule has 2 aromatic rings. The van der Waals surface area contributed by atoms with Crippen molar-refractivity contribution in [1.82, 2.24) is 0 Å². The van der Waals surface area contributed by atoms with E-state index in [9.17, 15) is 29.6 Å². The first-order chi connectivity index (χ1) is 18.6. The topological polar surface area (TPSA) is 136 Å². The van der Waals surface area contributed by atoms with E-state index in [4.69, 9.17) is 9.47 Å². The van der Waals surface area contributed by atoms with Gasteiger partial charge in [0.25, 0.3) is 11.6 Å². The van der Waals surface area contributed by atoms with Crippen LogP contribution in [0.4, 0.5) is 11.4 Å². The maximum Gasteiger partial charge on any atom is 0.333 e. The Morgan fingerprint density at radius 2 is 1.82 bits per heavy atom. The summed E-state index contributed by atoms with van der Waals surface area (Å²) in [6.45, 7) is 3.85. The van der Waals surface area contributed by atoms with Crippen LogP contribution in [0.1, 0.15) is 44.2 Å². The Morgan fingerprint density at radius 1 is 1.10 bits per heavy atom. The van der Waals surface area contributed by atoms with Crippen LogP contribution in [-0.2, 0) is 36.0 Å². The molecule has 1 amide bonds. The lowest BCUT2D eigenvalue weighted by Crippen LogP contribution is -2.40. The van der Waals surface area contributed by atoms with Crippen LogP contribution >= 0.6 is 0 Å². The van der Waals surface area contributed by atoms with E-state index in [0.29, 0.717) is 11.3 Å². The van der Waals surface area contributed by atoms with Crippen molar-refractivity contribution < 1.29 is 33.9 Å². The highest BCUT2D eigenvalue weighted by Crippen LogP contribution is 2.46. The van der Waals surface area contributed by atoms with Crippen molar-refractivity contribution in [3.8, 4) is 0 Å². The molecule has 2 atom stereocenters. The van der Waals surface area contributed by atoms with Crippen LogP contribution in [0.5, 0.6) is 0 Å². The summed E-state index contributed by atoms with van der Waals surface area (Å²) >= 11 is 0. The summed E-state index contributed by atoms with van der Waals surface area (Å²) in [7, 11) is 0. The number of fused-ring (bicyclic) bond motifs is 1. The monoisotopic (exact) mass is 534 g/mol. The Kier molecular flexibility index (Phi) is 7.96. The predicted octanol–water partition coefficient (Wildman–Crippen LogP) is 4.11. The van der Waals surface area contributed by atoms with E-state index in [1.54, 1.807) is 19.9 Å². The van der Waals surface area contributed by atoms with Crippen LogP contribution in [-0.4, -0.2) is 41.1 Å². The van der Waals surface area contributed by atoms with Crippen LogP contribution in [0.3, 0.4) is 0 Å². The molecule has 10 heteroatoms. The lowest BCUT2D eigenvalue weighted by molar-refractivity contribution is -0.385. The third-order valence-corrected chi connectivity index (χ3v) is 7.06. The fourth-order valence-electron chi connectivity index (χ4n) is 4.93. The molecule has 2 unspecified atom stereocenters. The average molecular weight is 535 g/mol. The average Bonchev–Trinajstić information content (AvgIpc) is 3.14. The predicted molar refractivity (Wildman–Crippen MR) is 141 cm³/mol. The first-order valence-electron chi connectivity index (χ1n) is 12.8. The summed E-state index contributed by atoms with van der Waals surface area (Å²) in [4.78, 5) is 51.3. The summed E-state index contributed by atoms with van der Waals surface area (Å²) in [5, 5.41) is 23.3. The molecule has 1 aliphatic heterocycles. The molecule has 4 rings (SSSR count). The Morgan fingerprint density at radius 3 is 2.44 bits per heavy atom. The van der Waals surface area contributed by atoms with Gasteiger partial charge in [-0.05, 0) is 50.8 Å². The zero-order valence-corrected chi connectivity index (χ0v) is 21.8. The fraction of sp³-hybridized carbons (Fsp3) is 0.345. The molecule has 0 saturated carbocycles. The zero-order chi connectivity index (χ0) is 28.2. The number of ether oxygens (including phenoxy) is 2. The van der Waals surface area contributed by atoms with Gasteiger partial charge in [0.15, 0.2) is 5.60 Å². The maximum atomic E-state index is 13.7. The van der Waals surface area contributed by atoms with E-state index in [1.807, 2.05) is 30.3 Å². The Bertz CT molecular complexity index is 1350. The number of rotatable bonds is 9. The van der Waals surface area contributed by atoms with Gasteiger partial charge in [-0.15, -0.1) is 0 Å². The molecular formula is C29H30N2O8. The van der Waals surface area contributed by atoms with Crippen molar-refractivity contribution in [3.05, 3.63) is 93.6 Å². The van der Waals surface area contributed by atoms with Gasteiger partial charge in [0.1, 0.15) is 0 Å². The largest absolute Gasteiger partial charge is 0.465 e. The fourth-order valence-corrected chi connectivity index (χ4v) is 4.93. The lowest BCUT2D eigenvalue weighted by atomic mass is 9.73. The van der Waals surface area contributed by atoms with Gasteiger partial charge in [0.05, 0.1) is 35.8 Å². The van der Waals surface area contributed by atoms with E-state index in [2.05, 4.69) is 0 Å². The van der Waals surface area contributed by atoms with Gasteiger partial charge in [-0.2, -0.15) is 0 Å². The van der Waals surface area contributed by atoms with E-state index >= 15 is 0 Å². The molecule has 39 heavy (non-hydrogen) atoms. The lowest BCUT2D eigenvalue weighted by Gasteiger charge is -2.32. The summed E-state index contributed by atoms with van der Waals surface area (Å²) in [5.41, 5.74) is -2.18. The van der Waals surface area contributed by atoms with Crippen LogP contribution in [0.15, 0.2) is 72.3 Å². The molecule has 1 heterocycles. The highest BCUT2D eigenvalue weighted by atomic mass is 16.6. The van der Waals surface area contributed by atoms with Gasteiger partial charge in [0.2, 0.25) is 0 Å². The van der Waals surface area contributed by atoms with Gasteiger partial charge in [-0.3, -0.25) is 19.7 Å². The SMILES string of the molecule is CCOC(=O)C1=CCC(/C=C/C2(O)C(=O)N(Cc3ccccc3)c3ccc([N+](=O)[O-])cc32)(C(=O)OCC)CC1. The molecule has 1 N–H and O–H groups in total. The van der Waals surface area contributed by atoms with E-state index in [1.165, 1.54) is 35.3 Å². The summed E-state index contributed by atoms with van der Waals surface area (Å²) < 4.78 is 10.4. The number of nitro groups is 1. The van der Waals surface area contributed by atoms with Crippen molar-refractivity contribution in [2.24, 2.45) is 5.41 Å². The number of nitrogens with zero attached hydrogens (tertiary/aromatic N) is 2. The number of benzene rings is 2. The molecule has 0 spiro atoms. The Balaban J connectivity index is 1.75. The molecule has 0 saturated heterocycles. The number of hydrogen-bond acceptors (Lipinski definition) is 8. The quantitative estimate of drug-likeness (QED) is 0.220. The molecule has 204 valence electrons. The van der Waals surface area contributed by atoms with E-state index < -0.39 is 33.8 Å². The van der Waals surface area contributed by atoms with Crippen molar-refractivity contribution in [2.45, 2.75) is 45.3 Å². The van der Waals surface area contributed by atoms with Gasteiger partial charge in [-0.1, -0.05) is 42.5 Å². The second-order valence-corrected chi connectivity index (χ2v) is 9.47. The van der Waals surface area contributed by atoms with Gasteiger partial charge < -0.3 is 19.5 Å². The molecule has 2 aromatic carbocycles. The second-order valence-electron chi connectivity index (χ2n) is 9.47. The molecule has 2 aliphatic rings. The van der Waals surface area contributed by atoms with Crippen molar-refractivity contribution >= 4 is 29.2 Å². The Labute approximate surface area is 225 Å². The standard InChI is InChI=1S/C29H30N2O8/c1-3-38-25(32)21-12-14-28(15-13-21,27(34)39-4-2)16-17-29(35)23-18-22(31(36)37)10-11-24(23)30(26(29)33)19-20-8-6-5-7-9-20/h5-12,16-18,35H,3-4,13-15,19H2,1-2H3/b17-16+. The number of carbonyl (C=O) groups is 3. The molecule has 1 aliphatic carbocycles. The van der Waals surface area contributed by atoms with Crippen LogP contribution in [0.2, 0.25) is 0 Å². The van der Waals surface area contributed by atoms with Crippen LogP contribution < -0.4 is 4.90 Å². The molecule has 0 aromatic heterocycles. The molecule has 10 nitrogen and oxygen atoms in total. The normalized spacial score (nSPS) is 22.4. The highest BCUT2D eigenvalue weighted by molar-refractivity contribution is 6.08. The maximum absolute atomic E-state index is 13.7. The van der Waals surface area contributed by atoms with Crippen LogP contribution in [0, 0.1) is 15.5 Å². The Hall–Kier alpha value is -4.31. The van der Waals surface area contributed by atoms with E-state index in [0.717, 1.165) is 5.56 Å². The van der Waals surface area contributed by atoms with Gasteiger partial charge >= 0.3 is 11.9 Å². The number of carbonyl (C=O) groups excluding carboxylic acids is 3. The number of anilines is 1. The van der Waals surface area contributed by atoms with Crippen LogP contribution in [0.25, 0.3) is 0 Å². The summed E-state index contributed by atoms with van der Waals surface area (Å²) in [6, 6.07) is 13.0. The number of amides is 1. The molecule has 0 bridgehead atoms. The highest BCUT2D eigenvalue weighted by Gasteiger charge is 2.50. The smallest absolute Gasteiger partial charge is 0.333 e. The number of allylic oxidation sites excluding steroid dienone is 1. The zero-order valence-electron chi connectivity index (χ0n) is 21.8.